The van der Waals surface area contributed by atoms with E-state index in [4.69, 9.17) is 0 Å². The molecule has 0 radical (unpaired) electrons. The van der Waals surface area contributed by atoms with Crippen molar-refractivity contribution in [1.29, 1.82) is 0 Å². The maximum atomic E-state index is 3.38. The molecule has 0 aliphatic carbocycles. The third-order valence-electron chi connectivity index (χ3n) is 2.94. The van der Waals surface area contributed by atoms with E-state index in [1.165, 1.54) is 32.7 Å². The first kappa shape index (κ1) is 16.8. The first-order chi connectivity index (χ1) is 8.18. The summed E-state index contributed by atoms with van der Waals surface area (Å²) in [5, 5.41) is 3.38. The maximum Gasteiger partial charge on any atom is 0.0110 e. The molecule has 0 aromatic rings. The highest BCUT2D eigenvalue weighted by Crippen LogP contribution is 1.93. The molecule has 0 spiro atoms. The highest BCUT2D eigenvalue weighted by atomic mass is 15.2. The van der Waals surface area contributed by atoms with Crippen LogP contribution in [0.4, 0.5) is 0 Å². The van der Waals surface area contributed by atoms with Gasteiger partial charge in [0.2, 0.25) is 0 Å². The molecule has 104 valence electrons. The average Bonchev–Trinajstić information content (AvgIpc) is 2.37. The number of nitrogens with zero attached hydrogens (tertiary/aromatic N) is 3. The number of piperazine rings is 1. The summed E-state index contributed by atoms with van der Waals surface area (Å²) in [4.78, 5) is 7.20. The van der Waals surface area contributed by atoms with Crippen LogP contribution in [0.25, 0.3) is 0 Å². The van der Waals surface area contributed by atoms with Gasteiger partial charge in [-0.15, -0.1) is 0 Å². The topological polar surface area (TPSA) is 21.8 Å². The van der Waals surface area contributed by atoms with Gasteiger partial charge in [-0.1, -0.05) is 13.8 Å². The second-order valence-electron chi connectivity index (χ2n) is 4.70. The van der Waals surface area contributed by atoms with Crippen LogP contribution in [0.2, 0.25) is 0 Å². The Morgan fingerprint density at radius 2 is 1.53 bits per heavy atom. The molecule has 17 heavy (non-hydrogen) atoms. The molecule has 4 heteroatoms. The van der Waals surface area contributed by atoms with Gasteiger partial charge >= 0.3 is 0 Å². The Hall–Kier alpha value is -0.160. The Morgan fingerprint density at radius 1 is 0.941 bits per heavy atom. The third-order valence-corrected chi connectivity index (χ3v) is 2.94. The van der Waals surface area contributed by atoms with Gasteiger partial charge in [-0.05, 0) is 21.1 Å². The van der Waals surface area contributed by atoms with E-state index < -0.39 is 0 Å². The van der Waals surface area contributed by atoms with Crippen LogP contribution in [0.15, 0.2) is 0 Å². The minimum Gasteiger partial charge on any atom is -0.314 e. The van der Waals surface area contributed by atoms with Crippen LogP contribution in [0, 0.1) is 0 Å². The van der Waals surface area contributed by atoms with Crippen LogP contribution < -0.4 is 5.32 Å². The third kappa shape index (κ3) is 9.53. The van der Waals surface area contributed by atoms with Crippen LogP contribution in [0.5, 0.6) is 0 Å². The number of rotatable bonds is 6. The molecule has 1 fully saturated rings. The summed E-state index contributed by atoms with van der Waals surface area (Å²) in [5.41, 5.74) is 0. The molecule has 0 atom stereocenters. The number of nitrogens with one attached hydrogen (secondary N) is 1. The van der Waals surface area contributed by atoms with Crippen molar-refractivity contribution in [2.45, 2.75) is 13.8 Å². The molecule has 1 saturated heterocycles. The molecule has 1 rings (SSSR count). The Labute approximate surface area is 108 Å². The Morgan fingerprint density at radius 3 is 2.06 bits per heavy atom. The molecule has 0 bridgehead atoms. The Balaban J connectivity index is 0.00000121. The predicted octanol–water partition coefficient (Wildman–Crippen LogP) is 0.411. The van der Waals surface area contributed by atoms with Gasteiger partial charge in [-0.3, -0.25) is 4.90 Å². The molecular formula is C13H32N4. The standard InChI is InChI=1S/C11H26N4.C2H6/c1-13(2)8-9-14(3)10-11-15-6-4-12-5-7-15;1-2/h12H,4-11H2,1-3H3;1-2H3. The largest absolute Gasteiger partial charge is 0.314 e. The quantitative estimate of drug-likeness (QED) is 0.730. The first-order valence-corrected chi connectivity index (χ1v) is 6.95. The molecule has 0 saturated carbocycles. The van der Waals surface area contributed by atoms with E-state index in [2.05, 4.69) is 41.2 Å². The summed E-state index contributed by atoms with van der Waals surface area (Å²) in [5.74, 6) is 0. The van der Waals surface area contributed by atoms with Crippen LogP contribution in [0.1, 0.15) is 13.8 Å². The fourth-order valence-corrected chi connectivity index (χ4v) is 1.73. The van der Waals surface area contributed by atoms with Gasteiger partial charge in [-0.2, -0.15) is 0 Å². The highest BCUT2D eigenvalue weighted by molar-refractivity contribution is 4.68. The van der Waals surface area contributed by atoms with Crippen molar-refractivity contribution in [3.05, 3.63) is 0 Å². The fourth-order valence-electron chi connectivity index (χ4n) is 1.73. The van der Waals surface area contributed by atoms with Crippen LogP contribution in [-0.4, -0.2) is 88.2 Å². The molecule has 4 nitrogen and oxygen atoms in total. The van der Waals surface area contributed by atoms with Gasteiger partial charge in [0.15, 0.2) is 0 Å². The summed E-state index contributed by atoms with van der Waals surface area (Å²) in [7, 11) is 6.47. The van der Waals surface area contributed by atoms with Gasteiger partial charge in [0.1, 0.15) is 0 Å². The summed E-state index contributed by atoms with van der Waals surface area (Å²) in [6.45, 7) is 13.4. The second kappa shape index (κ2) is 11.0. The molecule has 1 heterocycles. The van der Waals surface area contributed by atoms with E-state index in [1.54, 1.807) is 0 Å². The normalized spacial score (nSPS) is 17.1. The lowest BCUT2D eigenvalue weighted by Gasteiger charge is -2.29. The molecule has 1 N–H and O–H groups in total. The predicted molar refractivity (Wildman–Crippen MR) is 76.7 cm³/mol. The summed E-state index contributed by atoms with van der Waals surface area (Å²) >= 11 is 0. The van der Waals surface area contributed by atoms with E-state index in [1.807, 2.05) is 13.8 Å². The van der Waals surface area contributed by atoms with E-state index in [0.29, 0.717) is 0 Å². The van der Waals surface area contributed by atoms with Crippen molar-refractivity contribution in [2.24, 2.45) is 0 Å². The van der Waals surface area contributed by atoms with Gasteiger partial charge in [-0.25, -0.2) is 0 Å². The van der Waals surface area contributed by atoms with Crippen molar-refractivity contribution in [2.75, 3.05) is 73.5 Å². The minimum absolute atomic E-state index is 1.15. The highest BCUT2D eigenvalue weighted by Gasteiger charge is 2.09. The summed E-state index contributed by atoms with van der Waals surface area (Å²) in [6.07, 6.45) is 0. The number of likely N-dealkylation sites (N-methyl/N-ethyl adjacent to an activating group) is 2. The molecule has 0 unspecified atom stereocenters. The van der Waals surface area contributed by atoms with Crippen molar-refractivity contribution in [3.8, 4) is 0 Å². The molecule has 1 aliphatic rings. The fraction of sp³-hybridized carbons (Fsp3) is 1.00. The van der Waals surface area contributed by atoms with Crippen molar-refractivity contribution >= 4 is 0 Å². The Bertz CT molecular complexity index is 155. The van der Waals surface area contributed by atoms with Gasteiger partial charge < -0.3 is 15.1 Å². The lowest BCUT2D eigenvalue weighted by atomic mass is 10.3. The molecular weight excluding hydrogens is 212 g/mol. The zero-order chi connectivity index (χ0) is 13.1. The number of hydrogen-bond donors (Lipinski definition) is 1. The second-order valence-corrected chi connectivity index (χ2v) is 4.70. The minimum atomic E-state index is 1.15. The van der Waals surface area contributed by atoms with E-state index >= 15 is 0 Å². The van der Waals surface area contributed by atoms with Crippen molar-refractivity contribution in [3.63, 3.8) is 0 Å². The van der Waals surface area contributed by atoms with Crippen molar-refractivity contribution < 1.29 is 0 Å². The van der Waals surface area contributed by atoms with Crippen LogP contribution in [-0.2, 0) is 0 Å². The summed E-state index contributed by atoms with van der Waals surface area (Å²) in [6, 6.07) is 0. The monoisotopic (exact) mass is 244 g/mol. The summed E-state index contributed by atoms with van der Waals surface area (Å²) < 4.78 is 0. The van der Waals surface area contributed by atoms with E-state index in [-0.39, 0.29) is 0 Å². The zero-order valence-electron chi connectivity index (χ0n) is 12.5. The Kier molecular flexibility index (Phi) is 10.9. The first-order valence-electron chi connectivity index (χ1n) is 6.95. The van der Waals surface area contributed by atoms with Gasteiger partial charge in [0.25, 0.3) is 0 Å². The van der Waals surface area contributed by atoms with Gasteiger partial charge in [0, 0.05) is 52.4 Å². The molecule has 0 aromatic carbocycles. The number of hydrogen-bond acceptors (Lipinski definition) is 4. The molecule has 0 amide bonds. The lowest BCUT2D eigenvalue weighted by Crippen LogP contribution is -2.46. The molecule has 1 aliphatic heterocycles. The SMILES string of the molecule is CC.CN(C)CCN(C)CCN1CCNCC1. The lowest BCUT2D eigenvalue weighted by molar-refractivity contribution is 0.198. The maximum absolute atomic E-state index is 3.38. The average molecular weight is 244 g/mol. The molecule has 0 aromatic heterocycles. The van der Waals surface area contributed by atoms with E-state index in [9.17, 15) is 0 Å². The van der Waals surface area contributed by atoms with Crippen LogP contribution in [0.3, 0.4) is 0 Å². The van der Waals surface area contributed by atoms with Crippen LogP contribution >= 0.6 is 0 Å². The smallest absolute Gasteiger partial charge is 0.0110 e. The zero-order valence-corrected chi connectivity index (χ0v) is 12.5. The van der Waals surface area contributed by atoms with Gasteiger partial charge in [0.05, 0.1) is 0 Å². The van der Waals surface area contributed by atoms with Crippen molar-refractivity contribution in [1.82, 2.24) is 20.0 Å². The van der Waals surface area contributed by atoms with E-state index in [0.717, 1.165) is 19.6 Å².